The molecule has 1 aromatic carbocycles. The second-order valence-corrected chi connectivity index (χ2v) is 10.8. The number of pyridine rings is 1. The van der Waals surface area contributed by atoms with E-state index in [1.54, 1.807) is 29.0 Å². The van der Waals surface area contributed by atoms with Crippen LogP contribution in [0, 0.1) is 28.9 Å². The summed E-state index contributed by atoms with van der Waals surface area (Å²) in [4.78, 5) is 11.2. The number of nitrogens with two attached hydrogens (primary N) is 1. The van der Waals surface area contributed by atoms with Crippen LogP contribution in [0.1, 0.15) is 49.1 Å². The van der Waals surface area contributed by atoms with Gasteiger partial charge in [0, 0.05) is 55.1 Å². The number of halogens is 2. The third-order valence-corrected chi connectivity index (χ3v) is 7.84. The number of imidazole rings is 1. The molecular weight excluding hydrogens is 512 g/mol. The lowest BCUT2D eigenvalue weighted by molar-refractivity contribution is -0.00335. The summed E-state index contributed by atoms with van der Waals surface area (Å²) in [6.07, 6.45) is 7.84. The van der Waals surface area contributed by atoms with Crippen LogP contribution in [-0.4, -0.2) is 51.4 Å². The van der Waals surface area contributed by atoms with Crippen molar-refractivity contribution in [1.82, 2.24) is 19.6 Å². The first-order valence-electron chi connectivity index (χ1n) is 13.7. The van der Waals surface area contributed by atoms with Gasteiger partial charge < -0.3 is 15.4 Å². The van der Waals surface area contributed by atoms with Gasteiger partial charge in [0.1, 0.15) is 17.5 Å². The molecule has 2 aliphatic rings. The molecule has 0 spiro atoms. The summed E-state index contributed by atoms with van der Waals surface area (Å²) in [6, 6.07) is 10.1. The molecule has 40 heavy (non-hydrogen) atoms. The molecule has 1 aliphatic heterocycles. The smallest absolute Gasteiger partial charge is 0.135 e. The number of benzene rings is 1. The van der Waals surface area contributed by atoms with Gasteiger partial charge in [0.2, 0.25) is 0 Å². The molecule has 3 atom stereocenters. The predicted octanol–water partition coefficient (Wildman–Crippen LogP) is 4.62. The van der Waals surface area contributed by atoms with Crippen molar-refractivity contribution in [3.8, 4) is 17.3 Å². The maximum atomic E-state index is 15.0. The third-order valence-electron chi connectivity index (χ3n) is 7.84. The molecule has 1 aliphatic carbocycles. The molecule has 4 aromatic rings. The number of hydrogen-bond donors (Lipinski definition) is 1. The third kappa shape index (κ3) is 5.15. The van der Waals surface area contributed by atoms with E-state index in [1.165, 1.54) is 12.1 Å². The fraction of sp³-hybridized carbons (Fsp3) is 0.400. The number of rotatable bonds is 8. The minimum Gasteiger partial charge on any atom is -0.375 e. The van der Waals surface area contributed by atoms with Gasteiger partial charge in [0.05, 0.1) is 48.2 Å². The van der Waals surface area contributed by atoms with Gasteiger partial charge in [-0.3, -0.25) is 4.98 Å². The maximum absolute atomic E-state index is 15.0. The minimum absolute atomic E-state index is 0.118. The van der Waals surface area contributed by atoms with Crippen molar-refractivity contribution < 1.29 is 13.5 Å². The van der Waals surface area contributed by atoms with Crippen LogP contribution in [-0.2, 0) is 11.2 Å². The molecule has 0 unspecified atom stereocenters. The number of nitrogens with zero attached hydrogens (tertiary/aromatic N) is 6. The van der Waals surface area contributed by atoms with E-state index in [0.717, 1.165) is 36.2 Å². The molecule has 2 N–H and O–H groups in total. The predicted molar refractivity (Wildman–Crippen MR) is 147 cm³/mol. The number of fused-ring (bicyclic) bond motifs is 1. The number of aromatic nitrogens is 4. The zero-order chi connectivity index (χ0) is 27.8. The van der Waals surface area contributed by atoms with Crippen LogP contribution in [0.5, 0.6) is 0 Å². The topological polar surface area (TPSA) is 105 Å². The molecule has 1 saturated carbocycles. The summed E-state index contributed by atoms with van der Waals surface area (Å²) in [5.41, 5.74) is 9.97. The van der Waals surface area contributed by atoms with Crippen molar-refractivity contribution in [2.45, 2.75) is 50.7 Å². The van der Waals surface area contributed by atoms with E-state index in [-0.39, 0.29) is 35.2 Å². The molecule has 1 saturated heterocycles. The van der Waals surface area contributed by atoms with E-state index < -0.39 is 11.6 Å². The SMILES string of the molecule is C[C@H]1CN(c2ccncc2Cc2ncc3ccc(-c4c(F)cc(C5CC5)cc4F)nn23)C[C@@H](N)[C@H]1OCCC#N. The average Bonchev–Trinajstić information content (AvgIpc) is 3.72. The zero-order valence-electron chi connectivity index (χ0n) is 22.3. The summed E-state index contributed by atoms with van der Waals surface area (Å²) in [5, 5.41) is 13.4. The Morgan fingerprint density at radius 3 is 2.65 bits per heavy atom. The van der Waals surface area contributed by atoms with E-state index >= 15 is 8.78 Å². The van der Waals surface area contributed by atoms with Crippen molar-refractivity contribution >= 4 is 11.2 Å². The van der Waals surface area contributed by atoms with Gasteiger partial charge in [0.15, 0.2) is 0 Å². The summed E-state index contributed by atoms with van der Waals surface area (Å²) >= 11 is 0. The molecule has 8 nitrogen and oxygen atoms in total. The highest BCUT2D eigenvalue weighted by molar-refractivity contribution is 5.64. The highest BCUT2D eigenvalue weighted by Crippen LogP contribution is 2.42. The van der Waals surface area contributed by atoms with E-state index in [0.29, 0.717) is 37.4 Å². The van der Waals surface area contributed by atoms with Gasteiger partial charge in [-0.25, -0.2) is 18.3 Å². The lowest BCUT2D eigenvalue weighted by atomic mass is 9.91. The Bertz CT molecular complexity index is 1540. The maximum Gasteiger partial charge on any atom is 0.135 e. The quantitative estimate of drug-likeness (QED) is 0.323. The molecule has 10 heteroatoms. The lowest BCUT2D eigenvalue weighted by Crippen LogP contribution is -2.57. The van der Waals surface area contributed by atoms with Crippen molar-refractivity contribution in [2.24, 2.45) is 11.7 Å². The van der Waals surface area contributed by atoms with E-state index in [9.17, 15) is 0 Å². The fourth-order valence-corrected chi connectivity index (χ4v) is 5.74. The average molecular weight is 544 g/mol. The number of piperidine rings is 1. The summed E-state index contributed by atoms with van der Waals surface area (Å²) in [7, 11) is 0. The van der Waals surface area contributed by atoms with Gasteiger partial charge in [-0.05, 0) is 54.7 Å². The van der Waals surface area contributed by atoms with Crippen LogP contribution in [0.15, 0.2) is 48.9 Å². The van der Waals surface area contributed by atoms with Gasteiger partial charge in [0.25, 0.3) is 0 Å². The molecule has 206 valence electrons. The number of hydrogen-bond acceptors (Lipinski definition) is 7. The Labute approximate surface area is 231 Å². The van der Waals surface area contributed by atoms with E-state index in [1.807, 2.05) is 12.3 Å². The summed E-state index contributed by atoms with van der Waals surface area (Å²) in [5.74, 6) is -0.155. The number of anilines is 1. The molecular formula is C30H31F2N7O. The molecule has 0 radical (unpaired) electrons. The fourth-order valence-electron chi connectivity index (χ4n) is 5.74. The van der Waals surface area contributed by atoms with Gasteiger partial charge in [-0.2, -0.15) is 10.4 Å². The van der Waals surface area contributed by atoms with Crippen LogP contribution >= 0.6 is 0 Å². The first-order valence-corrected chi connectivity index (χ1v) is 13.7. The molecule has 3 aromatic heterocycles. The highest BCUT2D eigenvalue weighted by atomic mass is 19.1. The zero-order valence-corrected chi connectivity index (χ0v) is 22.3. The minimum atomic E-state index is -0.601. The molecule has 4 heterocycles. The van der Waals surface area contributed by atoms with E-state index in [2.05, 4.69) is 33.0 Å². The molecule has 2 fully saturated rings. The van der Waals surface area contributed by atoms with Crippen molar-refractivity contribution in [1.29, 1.82) is 5.26 Å². The number of nitriles is 1. The molecule has 0 bridgehead atoms. The van der Waals surface area contributed by atoms with Crippen LogP contribution in [0.4, 0.5) is 14.5 Å². The van der Waals surface area contributed by atoms with Crippen molar-refractivity contribution in [3.63, 3.8) is 0 Å². The normalized spacial score (nSPS) is 21.1. The molecule has 0 amide bonds. The first-order chi connectivity index (χ1) is 19.4. The van der Waals surface area contributed by atoms with Crippen LogP contribution in [0.25, 0.3) is 16.8 Å². The summed E-state index contributed by atoms with van der Waals surface area (Å²) in [6.45, 7) is 3.81. The Balaban J connectivity index is 1.27. The second kappa shape index (κ2) is 10.9. The lowest BCUT2D eigenvalue weighted by Gasteiger charge is -2.42. The first kappa shape index (κ1) is 26.3. The Kier molecular flexibility index (Phi) is 7.17. The van der Waals surface area contributed by atoms with Crippen molar-refractivity contribution in [3.05, 3.63) is 77.5 Å². The Hall–Kier alpha value is -3.94. The van der Waals surface area contributed by atoms with Crippen LogP contribution < -0.4 is 10.6 Å². The standard InChI is InChI=1S/C30H31F2N7O/c1-18-16-38(17-25(34)30(18)40-10-2-8-33)27-7-9-35-14-21(27)13-28-36-15-22-5-6-26(37-39(22)28)29-23(31)11-20(12-24(29)32)19-3-4-19/h5-7,9,11-12,14-15,18-19,25,30H,2-4,10,13,16-17,34H2,1H3/t18-,25+,30-/m0/s1. The van der Waals surface area contributed by atoms with Gasteiger partial charge in [-0.15, -0.1) is 0 Å². The van der Waals surface area contributed by atoms with Gasteiger partial charge >= 0.3 is 0 Å². The second-order valence-electron chi connectivity index (χ2n) is 10.8. The number of ether oxygens (including phenoxy) is 1. The van der Waals surface area contributed by atoms with Crippen molar-refractivity contribution in [2.75, 3.05) is 24.6 Å². The van der Waals surface area contributed by atoms with Crippen LogP contribution in [0.2, 0.25) is 0 Å². The Morgan fingerprint density at radius 1 is 1.12 bits per heavy atom. The highest BCUT2D eigenvalue weighted by Gasteiger charge is 2.34. The molecule has 6 rings (SSSR count). The van der Waals surface area contributed by atoms with Gasteiger partial charge in [-0.1, -0.05) is 6.92 Å². The largest absolute Gasteiger partial charge is 0.375 e. The van der Waals surface area contributed by atoms with Crippen LogP contribution in [0.3, 0.4) is 0 Å². The Morgan fingerprint density at radius 2 is 1.93 bits per heavy atom. The van der Waals surface area contributed by atoms with E-state index in [4.69, 9.17) is 15.7 Å². The summed E-state index contributed by atoms with van der Waals surface area (Å²) < 4.78 is 37.6. The monoisotopic (exact) mass is 543 g/mol.